The number of ether oxygens (including phenoxy) is 1. The normalized spacial score (nSPS) is 21.3. The first-order valence-corrected chi connectivity index (χ1v) is 7.46. The number of benzene rings is 1. The molecule has 1 aliphatic rings. The summed E-state index contributed by atoms with van der Waals surface area (Å²) >= 11 is 0. The van der Waals surface area contributed by atoms with E-state index in [9.17, 15) is 4.79 Å². The molecule has 116 valence electrons. The van der Waals surface area contributed by atoms with Crippen LogP contribution in [0.2, 0.25) is 0 Å². The summed E-state index contributed by atoms with van der Waals surface area (Å²) in [4.78, 5) is 12.3. The summed E-state index contributed by atoms with van der Waals surface area (Å²) in [6.07, 6.45) is 0. The number of fused-ring (bicyclic) bond motifs is 1. The minimum absolute atomic E-state index is 0.00248. The highest BCUT2D eigenvalue weighted by Gasteiger charge is 2.42. The fourth-order valence-corrected chi connectivity index (χ4v) is 2.62. The largest absolute Gasteiger partial charge is 0.486 e. The van der Waals surface area contributed by atoms with Crippen LogP contribution in [0.4, 0.5) is 0 Å². The van der Waals surface area contributed by atoms with Gasteiger partial charge in [0, 0.05) is 11.1 Å². The van der Waals surface area contributed by atoms with Gasteiger partial charge in [-0.15, -0.1) is 0 Å². The summed E-state index contributed by atoms with van der Waals surface area (Å²) in [5, 5.41) is 6.41. The molecule has 0 saturated carbocycles. The molecule has 4 nitrogen and oxygen atoms in total. The fraction of sp³-hybridized carbons (Fsp3) is 0.588. The fourth-order valence-electron chi connectivity index (χ4n) is 2.62. The smallest absolute Gasteiger partial charge is 0.237 e. The Morgan fingerprint density at radius 3 is 2.52 bits per heavy atom. The molecule has 0 aliphatic carbocycles. The highest BCUT2D eigenvalue weighted by molar-refractivity contribution is 5.82. The molecular weight excluding hydrogens is 264 g/mol. The van der Waals surface area contributed by atoms with E-state index in [4.69, 9.17) is 4.74 Å². The predicted molar refractivity (Wildman–Crippen MR) is 84.4 cm³/mol. The van der Waals surface area contributed by atoms with Crippen molar-refractivity contribution in [3.63, 3.8) is 0 Å². The maximum Gasteiger partial charge on any atom is 0.237 e. The first-order valence-electron chi connectivity index (χ1n) is 7.46. The number of amides is 1. The second-order valence-electron chi connectivity index (χ2n) is 7.30. The molecule has 1 aliphatic heterocycles. The Balaban J connectivity index is 2.13. The molecule has 0 radical (unpaired) electrons. The highest BCUT2D eigenvalue weighted by Crippen LogP contribution is 2.42. The number of carbonyl (C=O) groups is 1. The van der Waals surface area contributed by atoms with Gasteiger partial charge in [-0.25, -0.2) is 0 Å². The minimum Gasteiger partial charge on any atom is -0.486 e. The first-order chi connectivity index (χ1) is 9.60. The molecule has 0 aromatic heterocycles. The molecule has 1 amide bonds. The summed E-state index contributed by atoms with van der Waals surface area (Å²) in [6, 6.07) is 7.69. The van der Waals surface area contributed by atoms with Gasteiger partial charge in [-0.2, -0.15) is 0 Å². The van der Waals surface area contributed by atoms with Gasteiger partial charge in [0.2, 0.25) is 5.91 Å². The lowest BCUT2D eigenvalue weighted by Crippen LogP contribution is -2.52. The van der Waals surface area contributed by atoms with Crippen LogP contribution in [-0.4, -0.2) is 23.1 Å². The van der Waals surface area contributed by atoms with Crippen LogP contribution in [0.5, 0.6) is 5.75 Å². The Kier molecular flexibility index (Phi) is 4.02. The molecule has 21 heavy (non-hydrogen) atoms. The second-order valence-corrected chi connectivity index (χ2v) is 7.30. The van der Waals surface area contributed by atoms with Crippen molar-refractivity contribution in [1.29, 1.82) is 0 Å². The molecule has 0 bridgehead atoms. The summed E-state index contributed by atoms with van der Waals surface area (Å²) in [5.41, 5.74) is 0.505. The van der Waals surface area contributed by atoms with Gasteiger partial charge in [-0.05, 0) is 47.6 Å². The summed E-state index contributed by atoms with van der Waals surface area (Å²) in [6.45, 7) is 11.9. The molecule has 1 aromatic carbocycles. The standard InChI is InChI=1S/C17H26N2O2/c1-11(15(20)19-16(2,3)4)18-14-12-9-7-8-10-13(12)21-17(14,5)6/h7-11,14,18H,1-6H3,(H,19,20). The summed E-state index contributed by atoms with van der Waals surface area (Å²) in [5.74, 6) is 0.895. The number of para-hydroxylation sites is 1. The van der Waals surface area contributed by atoms with Crippen LogP contribution < -0.4 is 15.4 Å². The van der Waals surface area contributed by atoms with Crippen LogP contribution in [0.15, 0.2) is 24.3 Å². The van der Waals surface area contributed by atoms with Crippen LogP contribution in [-0.2, 0) is 4.79 Å². The number of rotatable bonds is 3. The van der Waals surface area contributed by atoms with Gasteiger partial charge in [0.15, 0.2) is 0 Å². The van der Waals surface area contributed by atoms with Crippen LogP contribution in [0.1, 0.15) is 53.1 Å². The van der Waals surface area contributed by atoms with E-state index < -0.39 is 0 Å². The van der Waals surface area contributed by atoms with Gasteiger partial charge in [0.25, 0.3) is 0 Å². The van der Waals surface area contributed by atoms with Crippen LogP contribution in [0, 0.1) is 0 Å². The third-order valence-electron chi connectivity index (χ3n) is 3.61. The van der Waals surface area contributed by atoms with E-state index in [2.05, 4.69) is 16.7 Å². The van der Waals surface area contributed by atoms with E-state index >= 15 is 0 Å². The maximum absolute atomic E-state index is 12.3. The second kappa shape index (κ2) is 5.34. The van der Waals surface area contributed by atoms with E-state index in [1.807, 2.05) is 59.7 Å². The number of nitrogens with one attached hydrogen (secondary N) is 2. The Labute approximate surface area is 127 Å². The SMILES string of the molecule is CC(NC1c2ccccc2OC1(C)C)C(=O)NC(C)(C)C. The highest BCUT2D eigenvalue weighted by atomic mass is 16.5. The molecule has 1 aromatic rings. The molecule has 0 fully saturated rings. The van der Waals surface area contributed by atoms with Crippen LogP contribution >= 0.6 is 0 Å². The average Bonchev–Trinajstić information content (AvgIpc) is 2.58. The minimum atomic E-state index is -0.375. The van der Waals surface area contributed by atoms with Gasteiger partial charge >= 0.3 is 0 Å². The molecule has 0 saturated heterocycles. The molecule has 1 heterocycles. The lowest BCUT2D eigenvalue weighted by Gasteiger charge is -2.31. The number of hydrogen-bond acceptors (Lipinski definition) is 3. The Hall–Kier alpha value is -1.55. The van der Waals surface area contributed by atoms with Crippen molar-refractivity contribution >= 4 is 5.91 Å². The van der Waals surface area contributed by atoms with Gasteiger partial charge in [0.05, 0.1) is 12.1 Å². The summed E-state index contributed by atoms with van der Waals surface area (Å²) < 4.78 is 5.99. The van der Waals surface area contributed by atoms with Crippen molar-refractivity contribution < 1.29 is 9.53 Å². The monoisotopic (exact) mass is 290 g/mol. The Morgan fingerprint density at radius 2 is 1.90 bits per heavy atom. The Morgan fingerprint density at radius 1 is 1.29 bits per heavy atom. The predicted octanol–water partition coefficient (Wildman–Crippen LogP) is 2.79. The molecule has 0 spiro atoms. The van der Waals surface area contributed by atoms with Gasteiger partial charge in [-0.1, -0.05) is 18.2 Å². The molecule has 2 unspecified atom stereocenters. The third kappa shape index (κ3) is 3.56. The molecule has 2 atom stereocenters. The third-order valence-corrected chi connectivity index (χ3v) is 3.61. The molecule has 4 heteroatoms. The molecule has 2 rings (SSSR count). The van der Waals surface area contributed by atoms with E-state index in [-0.39, 0.29) is 29.1 Å². The van der Waals surface area contributed by atoms with Crippen molar-refractivity contribution in [2.45, 2.75) is 64.8 Å². The molecular formula is C17H26N2O2. The first kappa shape index (κ1) is 15.8. The van der Waals surface area contributed by atoms with Gasteiger partial charge < -0.3 is 10.1 Å². The molecule has 2 N–H and O–H groups in total. The lowest BCUT2D eigenvalue weighted by molar-refractivity contribution is -0.124. The van der Waals surface area contributed by atoms with E-state index in [1.54, 1.807) is 0 Å². The lowest BCUT2D eigenvalue weighted by atomic mass is 9.93. The van der Waals surface area contributed by atoms with Crippen molar-refractivity contribution in [2.75, 3.05) is 0 Å². The van der Waals surface area contributed by atoms with Gasteiger partial charge in [0.1, 0.15) is 11.4 Å². The van der Waals surface area contributed by atoms with E-state index in [0.717, 1.165) is 11.3 Å². The Bertz CT molecular complexity index is 532. The van der Waals surface area contributed by atoms with E-state index in [1.165, 1.54) is 0 Å². The van der Waals surface area contributed by atoms with Crippen molar-refractivity contribution in [3.8, 4) is 5.75 Å². The zero-order valence-electron chi connectivity index (χ0n) is 13.8. The zero-order valence-corrected chi connectivity index (χ0v) is 13.8. The maximum atomic E-state index is 12.3. The number of hydrogen-bond donors (Lipinski definition) is 2. The van der Waals surface area contributed by atoms with Crippen molar-refractivity contribution in [1.82, 2.24) is 10.6 Å². The van der Waals surface area contributed by atoms with Crippen molar-refractivity contribution in [2.24, 2.45) is 0 Å². The number of carbonyl (C=O) groups excluding carboxylic acids is 1. The quantitative estimate of drug-likeness (QED) is 0.900. The average molecular weight is 290 g/mol. The van der Waals surface area contributed by atoms with Crippen LogP contribution in [0.3, 0.4) is 0 Å². The van der Waals surface area contributed by atoms with E-state index in [0.29, 0.717) is 0 Å². The topological polar surface area (TPSA) is 50.4 Å². The van der Waals surface area contributed by atoms with Gasteiger partial charge in [-0.3, -0.25) is 10.1 Å². The van der Waals surface area contributed by atoms with Crippen LogP contribution in [0.25, 0.3) is 0 Å². The zero-order chi connectivity index (χ0) is 15.8. The summed E-state index contributed by atoms with van der Waals surface area (Å²) in [7, 11) is 0. The van der Waals surface area contributed by atoms with Crippen molar-refractivity contribution in [3.05, 3.63) is 29.8 Å².